The maximum Gasteiger partial charge on any atom is 0.106 e. The van der Waals surface area contributed by atoms with E-state index in [0.29, 0.717) is 0 Å². The second-order valence-corrected chi connectivity index (χ2v) is 6.51. The molecule has 0 fully saturated rings. The lowest BCUT2D eigenvalue weighted by atomic mass is 10.0. The van der Waals surface area contributed by atoms with Crippen LogP contribution in [0.5, 0.6) is 0 Å². The summed E-state index contributed by atoms with van der Waals surface area (Å²) in [6.45, 7) is 4.89. The first-order valence-electron chi connectivity index (χ1n) is 9.43. The fraction of sp³-hybridized carbons (Fsp3) is 0.208. The molecular weight excluding hydrogens is 346 g/mol. The number of nitrogens with one attached hydrogen (secondary N) is 3. The van der Waals surface area contributed by atoms with Gasteiger partial charge in [-0.25, -0.2) is 0 Å². The molecule has 0 aromatic heterocycles. The Balaban J connectivity index is 0.00000136. The lowest BCUT2D eigenvalue weighted by Gasteiger charge is -2.11. The highest BCUT2D eigenvalue weighted by Crippen LogP contribution is 2.28. The summed E-state index contributed by atoms with van der Waals surface area (Å²) in [6, 6.07) is 17.3. The second kappa shape index (κ2) is 11.6. The monoisotopic (exact) mass is 375 g/mol. The molecule has 0 amide bonds. The number of hydrogen-bond acceptors (Lipinski definition) is 4. The van der Waals surface area contributed by atoms with Crippen LogP contribution >= 0.6 is 0 Å². The fourth-order valence-electron chi connectivity index (χ4n) is 2.98. The molecule has 0 saturated heterocycles. The van der Waals surface area contributed by atoms with E-state index in [2.05, 4.69) is 89.6 Å². The van der Waals surface area contributed by atoms with Gasteiger partial charge in [0.05, 0.1) is 6.67 Å². The molecular formula is C24H29N3O. The van der Waals surface area contributed by atoms with Crippen molar-refractivity contribution in [1.29, 1.82) is 0 Å². The minimum atomic E-state index is 0.772. The number of allylic oxidation sites excluding steroid dienone is 4. The van der Waals surface area contributed by atoms with Crippen molar-refractivity contribution in [3.05, 3.63) is 89.8 Å². The van der Waals surface area contributed by atoms with Crippen molar-refractivity contribution in [3.8, 4) is 11.1 Å². The molecule has 1 aliphatic rings. The summed E-state index contributed by atoms with van der Waals surface area (Å²) in [5, 5.41) is 9.78. The smallest absolute Gasteiger partial charge is 0.106 e. The summed E-state index contributed by atoms with van der Waals surface area (Å²) in [6.07, 6.45) is 10.7. The minimum absolute atomic E-state index is 0.772. The zero-order chi connectivity index (χ0) is 20.2. The van der Waals surface area contributed by atoms with Crippen molar-refractivity contribution in [1.82, 2.24) is 10.6 Å². The topological polar surface area (TPSA) is 53.2 Å². The number of carbonyl (C=O) groups excluding carboxylic acids is 1. The van der Waals surface area contributed by atoms with Gasteiger partial charge in [0.15, 0.2) is 0 Å². The van der Waals surface area contributed by atoms with Gasteiger partial charge < -0.3 is 20.7 Å². The van der Waals surface area contributed by atoms with Gasteiger partial charge in [-0.3, -0.25) is 0 Å². The van der Waals surface area contributed by atoms with E-state index < -0.39 is 0 Å². The third kappa shape index (κ3) is 6.25. The maximum atomic E-state index is 8.00. The van der Waals surface area contributed by atoms with Gasteiger partial charge in [-0.1, -0.05) is 54.1 Å². The van der Waals surface area contributed by atoms with E-state index in [9.17, 15) is 0 Å². The Kier molecular flexibility index (Phi) is 8.76. The van der Waals surface area contributed by atoms with Gasteiger partial charge in [0.1, 0.15) is 6.79 Å². The van der Waals surface area contributed by atoms with Crippen LogP contribution in [0, 0.1) is 6.92 Å². The Bertz CT molecular complexity index is 818. The highest BCUT2D eigenvalue weighted by atomic mass is 16.1. The molecule has 4 heteroatoms. The van der Waals surface area contributed by atoms with Crippen molar-refractivity contribution in [2.75, 3.05) is 19.0 Å². The van der Waals surface area contributed by atoms with E-state index in [4.69, 9.17) is 4.79 Å². The summed E-state index contributed by atoms with van der Waals surface area (Å²) in [4.78, 5) is 8.00. The van der Waals surface area contributed by atoms with Gasteiger partial charge in [0, 0.05) is 11.4 Å². The second-order valence-electron chi connectivity index (χ2n) is 6.51. The summed E-state index contributed by atoms with van der Waals surface area (Å²) in [5.74, 6) is 0. The van der Waals surface area contributed by atoms with Crippen LogP contribution in [0.1, 0.15) is 18.4 Å². The first kappa shape index (κ1) is 21.2. The van der Waals surface area contributed by atoms with Crippen LogP contribution in [0.2, 0.25) is 0 Å². The third-order valence-electron chi connectivity index (χ3n) is 4.45. The highest BCUT2D eigenvalue weighted by Gasteiger charge is 2.10. The van der Waals surface area contributed by atoms with Crippen molar-refractivity contribution in [2.24, 2.45) is 0 Å². The molecule has 0 saturated carbocycles. The van der Waals surface area contributed by atoms with Crippen LogP contribution in [0.15, 0.2) is 84.2 Å². The van der Waals surface area contributed by atoms with Crippen molar-refractivity contribution in [2.45, 2.75) is 19.8 Å². The van der Waals surface area contributed by atoms with Crippen LogP contribution < -0.4 is 16.0 Å². The van der Waals surface area contributed by atoms with E-state index in [-0.39, 0.29) is 0 Å². The average molecular weight is 376 g/mol. The van der Waals surface area contributed by atoms with Gasteiger partial charge in [-0.05, 0) is 67.9 Å². The van der Waals surface area contributed by atoms with E-state index in [1.165, 1.54) is 28.0 Å². The molecule has 1 aliphatic carbocycles. The minimum Gasteiger partial charge on any atom is -0.378 e. The quantitative estimate of drug-likeness (QED) is 0.482. The average Bonchev–Trinajstić information content (AvgIpc) is 3.17. The molecule has 0 atom stereocenters. The van der Waals surface area contributed by atoms with Crippen LogP contribution in [0.4, 0.5) is 5.69 Å². The molecule has 0 aliphatic heterocycles. The molecule has 0 heterocycles. The van der Waals surface area contributed by atoms with Gasteiger partial charge in [-0.2, -0.15) is 0 Å². The van der Waals surface area contributed by atoms with E-state index in [1.54, 1.807) is 0 Å². The van der Waals surface area contributed by atoms with Crippen LogP contribution in [-0.4, -0.2) is 20.5 Å². The van der Waals surface area contributed by atoms with Gasteiger partial charge >= 0.3 is 0 Å². The van der Waals surface area contributed by atoms with Gasteiger partial charge in [0.25, 0.3) is 0 Å². The lowest BCUT2D eigenvalue weighted by molar-refractivity contribution is -0.0979. The van der Waals surface area contributed by atoms with Crippen LogP contribution in [0.25, 0.3) is 11.1 Å². The third-order valence-corrected chi connectivity index (χ3v) is 4.45. The van der Waals surface area contributed by atoms with E-state index >= 15 is 0 Å². The number of carbonyl (C=O) groups is 1. The lowest BCUT2D eigenvalue weighted by Crippen LogP contribution is -2.20. The summed E-state index contributed by atoms with van der Waals surface area (Å²) < 4.78 is 0. The molecule has 4 nitrogen and oxygen atoms in total. The van der Waals surface area contributed by atoms with Crippen molar-refractivity contribution >= 4 is 12.5 Å². The molecule has 3 N–H and O–H groups in total. The molecule has 28 heavy (non-hydrogen) atoms. The predicted molar refractivity (Wildman–Crippen MR) is 119 cm³/mol. The maximum absolute atomic E-state index is 8.00. The first-order valence-corrected chi connectivity index (χ1v) is 9.43. The highest BCUT2D eigenvalue weighted by molar-refractivity contribution is 5.67. The number of rotatable bonds is 7. The number of hydrogen-bond donors (Lipinski definition) is 3. The molecule has 0 radical (unpaired) electrons. The standard InChI is InChI=1S/C23H27N3.CH2O/c1-18-8-10-19(11-9-18)20-12-14-22(15-13-20)26-23-7-3-5-21(23)6-4-16-25-17-24-2;1-2/h4,6-16,24-26H,3,5,17H2,1-2H3;1H2/b16-4-,21-6+;. The Morgan fingerprint density at radius 3 is 2.29 bits per heavy atom. The van der Waals surface area contributed by atoms with Crippen LogP contribution in [-0.2, 0) is 4.79 Å². The summed E-state index contributed by atoms with van der Waals surface area (Å²) in [5.41, 5.74) is 7.46. The normalized spacial score (nSPS) is 14.5. The SMILES string of the molecule is C=O.CNCN/C=C\C=C1/CCC=C1Nc1ccc(-c2ccc(C)cc2)cc1. The molecule has 0 unspecified atom stereocenters. The Labute approximate surface area is 168 Å². The van der Waals surface area contributed by atoms with Crippen molar-refractivity contribution in [3.63, 3.8) is 0 Å². The predicted octanol–water partition coefficient (Wildman–Crippen LogP) is 4.77. The summed E-state index contributed by atoms with van der Waals surface area (Å²) >= 11 is 0. The largest absolute Gasteiger partial charge is 0.378 e. The molecule has 0 bridgehead atoms. The molecule has 2 aromatic carbocycles. The van der Waals surface area contributed by atoms with Crippen molar-refractivity contribution < 1.29 is 4.79 Å². The zero-order valence-electron chi connectivity index (χ0n) is 16.7. The molecule has 146 valence electrons. The molecule has 3 rings (SSSR count). The van der Waals surface area contributed by atoms with E-state index in [1.807, 2.05) is 20.0 Å². The number of benzene rings is 2. The van der Waals surface area contributed by atoms with Gasteiger partial charge in [0.2, 0.25) is 0 Å². The Morgan fingerprint density at radius 1 is 1.00 bits per heavy atom. The Morgan fingerprint density at radius 2 is 1.64 bits per heavy atom. The fourth-order valence-corrected chi connectivity index (χ4v) is 2.98. The van der Waals surface area contributed by atoms with Crippen LogP contribution in [0.3, 0.4) is 0 Å². The summed E-state index contributed by atoms with van der Waals surface area (Å²) in [7, 11) is 1.92. The first-order chi connectivity index (χ1) is 13.8. The molecule has 2 aromatic rings. The Hall–Kier alpha value is -3.11. The molecule has 0 spiro atoms. The number of aryl methyl sites for hydroxylation is 1. The number of anilines is 1. The van der Waals surface area contributed by atoms with Gasteiger partial charge in [-0.15, -0.1) is 0 Å². The van der Waals surface area contributed by atoms with E-state index in [0.717, 1.165) is 25.2 Å². The zero-order valence-corrected chi connectivity index (χ0v) is 16.7.